The highest BCUT2D eigenvalue weighted by atomic mass is 16.2. The predicted octanol–water partition coefficient (Wildman–Crippen LogP) is 1.39. The van der Waals surface area contributed by atoms with Gasteiger partial charge in [0.2, 0.25) is 5.91 Å². The summed E-state index contributed by atoms with van der Waals surface area (Å²) in [6, 6.07) is 0.864. The standard InChI is InChI=1S/C12H22N2O/c1-9-7-14(8-10(2)13-9)11(15)12(3)5-4-6-12/h9-10,13H,4-8H2,1-3H3. The molecule has 2 unspecified atom stereocenters. The number of hydrogen-bond acceptors (Lipinski definition) is 2. The molecule has 1 heterocycles. The van der Waals surface area contributed by atoms with Crippen molar-refractivity contribution in [2.75, 3.05) is 13.1 Å². The number of piperazine rings is 1. The van der Waals surface area contributed by atoms with Crippen molar-refractivity contribution < 1.29 is 4.79 Å². The molecule has 0 radical (unpaired) electrons. The summed E-state index contributed by atoms with van der Waals surface area (Å²) < 4.78 is 0. The summed E-state index contributed by atoms with van der Waals surface area (Å²) in [5.74, 6) is 0.383. The monoisotopic (exact) mass is 210 g/mol. The maximum atomic E-state index is 12.3. The average Bonchev–Trinajstić information content (AvgIpc) is 2.11. The van der Waals surface area contributed by atoms with Crippen LogP contribution in [0.25, 0.3) is 0 Å². The molecule has 1 aliphatic heterocycles. The summed E-state index contributed by atoms with van der Waals surface area (Å²) in [6.07, 6.45) is 3.39. The SMILES string of the molecule is CC1CN(C(=O)C2(C)CCC2)CC(C)N1. The number of rotatable bonds is 1. The smallest absolute Gasteiger partial charge is 0.228 e. The molecule has 2 atom stereocenters. The van der Waals surface area contributed by atoms with Gasteiger partial charge in [0.25, 0.3) is 0 Å². The molecule has 86 valence electrons. The zero-order chi connectivity index (χ0) is 11.1. The van der Waals surface area contributed by atoms with Gasteiger partial charge in [0.05, 0.1) is 0 Å². The normalized spacial score (nSPS) is 34.7. The first-order valence-electron chi connectivity index (χ1n) is 6.07. The molecular weight excluding hydrogens is 188 g/mol. The van der Waals surface area contributed by atoms with E-state index in [1.54, 1.807) is 0 Å². The molecule has 2 aliphatic rings. The van der Waals surface area contributed by atoms with Crippen molar-refractivity contribution in [3.05, 3.63) is 0 Å². The van der Waals surface area contributed by atoms with Crippen LogP contribution in [0.4, 0.5) is 0 Å². The number of nitrogens with one attached hydrogen (secondary N) is 1. The lowest BCUT2D eigenvalue weighted by Crippen LogP contribution is -2.59. The van der Waals surface area contributed by atoms with Gasteiger partial charge >= 0.3 is 0 Å². The molecule has 1 amide bonds. The van der Waals surface area contributed by atoms with E-state index >= 15 is 0 Å². The summed E-state index contributed by atoms with van der Waals surface area (Å²) in [6.45, 7) is 8.17. The van der Waals surface area contributed by atoms with E-state index in [2.05, 4.69) is 31.0 Å². The Labute approximate surface area is 92.2 Å². The van der Waals surface area contributed by atoms with Crippen LogP contribution in [-0.2, 0) is 4.79 Å². The Balaban J connectivity index is 2.00. The van der Waals surface area contributed by atoms with E-state index in [9.17, 15) is 4.79 Å². The van der Waals surface area contributed by atoms with Gasteiger partial charge in [-0.25, -0.2) is 0 Å². The fraction of sp³-hybridized carbons (Fsp3) is 0.917. The van der Waals surface area contributed by atoms with Crippen LogP contribution in [0.2, 0.25) is 0 Å². The molecule has 1 N–H and O–H groups in total. The van der Waals surface area contributed by atoms with E-state index in [1.165, 1.54) is 6.42 Å². The van der Waals surface area contributed by atoms with Crippen LogP contribution >= 0.6 is 0 Å². The van der Waals surface area contributed by atoms with Gasteiger partial charge in [0, 0.05) is 30.6 Å². The Bertz CT molecular complexity index is 250. The van der Waals surface area contributed by atoms with E-state index in [-0.39, 0.29) is 5.41 Å². The second kappa shape index (κ2) is 3.78. The van der Waals surface area contributed by atoms with E-state index in [4.69, 9.17) is 0 Å². The molecule has 15 heavy (non-hydrogen) atoms. The second-order valence-corrected chi connectivity index (χ2v) is 5.59. The summed E-state index contributed by atoms with van der Waals surface area (Å²) in [7, 11) is 0. The molecule has 1 saturated heterocycles. The number of amides is 1. The van der Waals surface area contributed by atoms with Crippen molar-refractivity contribution in [3.63, 3.8) is 0 Å². The molecule has 3 nitrogen and oxygen atoms in total. The van der Waals surface area contributed by atoms with Gasteiger partial charge in [-0.3, -0.25) is 4.79 Å². The number of carbonyl (C=O) groups excluding carboxylic acids is 1. The lowest BCUT2D eigenvalue weighted by Gasteiger charge is -2.44. The van der Waals surface area contributed by atoms with Gasteiger partial charge in [0.1, 0.15) is 0 Å². The maximum Gasteiger partial charge on any atom is 0.228 e. The Morgan fingerprint density at radius 3 is 2.20 bits per heavy atom. The van der Waals surface area contributed by atoms with Crippen molar-refractivity contribution in [1.82, 2.24) is 10.2 Å². The van der Waals surface area contributed by atoms with E-state index in [1.807, 2.05) is 0 Å². The van der Waals surface area contributed by atoms with Crippen LogP contribution in [0.1, 0.15) is 40.0 Å². The third-order valence-electron chi connectivity index (χ3n) is 3.82. The molecule has 0 aromatic rings. The first-order chi connectivity index (χ1) is 7.01. The molecule has 3 heteroatoms. The zero-order valence-corrected chi connectivity index (χ0v) is 10.0. The first-order valence-corrected chi connectivity index (χ1v) is 6.07. The van der Waals surface area contributed by atoms with Gasteiger partial charge in [-0.2, -0.15) is 0 Å². The molecule has 1 aliphatic carbocycles. The van der Waals surface area contributed by atoms with Crippen molar-refractivity contribution in [1.29, 1.82) is 0 Å². The fourth-order valence-electron chi connectivity index (χ4n) is 2.80. The summed E-state index contributed by atoms with van der Waals surface area (Å²) in [5, 5.41) is 3.46. The highest BCUT2D eigenvalue weighted by molar-refractivity contribution is 5.83. The minimum atomic E-state index is -0.0310. The number of nitrogens with zero attached hydrogens (tertiary/aromatic N) is 1. The quantitative estimate of drug-likeness (QED) is 0.709. The molecule has 0 bridgehead atoms. The molecule has 0 spiro atoms. The first kappa shape index (κ1) is 10.9. The van der Waals surface area contributed by atoms with Gasteiger partial charge in [-0.1, -0.05) is 13.3 Å². The molecule has 1 saturated carbocycles. The van der Waals surface area contributed by atoms with Crippen LogP contribution in [0, 0.1) is 5.41 Å². The molecule has 2 fully saturated rings. The minimum Gasteiger partial charge on any atom is -0.339 e. The molecular formula is C12H22N2O. The summed E-state index contributed by atoms with van der Waals surface area (Å²) in [5.41, 5.74) is -0.0310. The third-order valence-corrected chi connectivity index (χ3v) is 3.82. The highest BCUT2D eigenvalue weighted by Crippen LogP contribution is 2.42. The van der Waals surface area contributed by atoms with Gasteiger partial charge in [0.15, 0.2) is 0 Å². The Morgan fingerprint density at radius 1 is 1.27 bits per heavy atom. The Morgan fingerprint density at radius 2 is 1.80 bits per heavy atom. The summed E-state index contributed by atoms with van der Waals surface area (Å²) in [4.78, 5) is 14.4. The van der Waals surface area contributed by atoms with Crippen molar-refractivity contribution in [2.24, 2.45) is 5.41 Å². The predicted molar refractivity (Wildman–Crippen MR) is 60.6 cm³/mol. The second-order valence-electron chi connectivity index (χ2n) is 5.59. The molecule has 0 aromatic carbocycles. The number of hydrogen-bond donors (Lipinski definition) is 1. The van der Waals surface area contributed by atoms with E-state index in [0.29, 0.717) is 18.0 Å². The van der Waals surface area contributed by atoms with Gasteiger partial charge in [-0.05, 0) is 26.7 Å². The zero-order valence-electron chi connectivity index (χ0n) is 10.0. The topological polar surface area (TPSA) is 32.3 Å². The lowest BCUT2D eigenvalue weighted by molar-refractivity contribution is -0.147. The van der Waals surface area contributed by atoms with E-state index in [0.717, 1.165) is 25.9 Å². The average molecular weight is 210 g/mol. The Hall–Kier alpha value is -0.570. The number of carbonyl (C=O) groups is 1. The minimum absolute atomic E-state index is 0.0310. The van der Waals surface area contributed by atoms with Crippen molar-refractivity contribution in [3.8, 4) is 0 Å². The van der Waals surface area contributed by atoms with Crippen LogP contribution in [0.15, 0.2) is 0 Å². The van der Waals surface area contributed by atoms with Gasteiger partial charge < -0.3 is 10.2 Å². The maximum absolute atomic E-state index is 12.3. The third kappa shape index (κ3) is 2.03. The molecule has 0 aromatic heterocycles. The van der Waals surface area contributed by atoms with Crippen LogP contribution in [0.3, 0.4) is 0 Å². The highest BCUT2D eigenvalue weighted by Gasteiger charge is 2.42. The summed E-state index contributed by atoms with van der Waals surface area (Å²) >= 11 is 0. The largest absolute Gasteiger partial charge is 0.339 e. The van der Waals surface area contributed by atoms with Crippen LogP contribution in [0.5, 0.6) is 0 Å². The van der Waals surface area contributed by atoms with Crippen molar-refractivity contribution in [2.45, 2.75) is 52.1 Å². The van der Waals surface area contributed by atoms with Crippen LogP contribution in [-0.4, -0.2) is 36.0 Å². The lowest BCUT2D eigenvalue weighted by atomic mass is 9.69. The van der Waals surface area contributed by atoms with Crippen molar-refractivity contribution >= 4 is 5.91 Å². The van der Waals surface area contributed by atoms with E-state index < -0.39 is 0 Å². The molecule has 2 rings (SSSR count). The van der Waals surface area contributed by atoms with Crippen LogP contribution < -0.4 is 5.32 Å². The fourth-order valence-corrected chi connectivity index (χ4v) is 2.80. The van der Waals surface area contributed by atoms with Gasteiger partial charge in [-0.15, -0.1) is 0 Å². The Kier molecular flexibility index (Phi) is 2.75.